The van der Waals surface area contributed by atoms with E-state index in [1.165, 1.54) is 0 Å². The van der Waals surface area contributed by atoms with Crippen LogP contribution in [0.1, 0.15) is 39.2 Å². The van der Waals surface area contributed by atoms with Gasteiger partial charge in [0.05, 0.1) is 5.57 Å². The molecule has 2 amide bonds. The van der Waals surface area contributed by atoms with Crippen LogP contribution in [0.25, 0.3) is 6.08 Å². The Bertz CT molecular complexity index is 766. The van der Waals surface area contributed by atoms with E-state index in [1.54, 1.807) is 11.9 Å². The van der Waals surface area contributed by atoms with E-state index in [4.69, 9.17) is 9.47 Å². The smallest absolute Gasteiger partial charge is 0.410 e. The van der Waals surface area contributed by atoms with Crippen LogP contribution in [0, 0.1) is 5.92 Å². The number of amides is 2. The summed E-state index contributed by atoms with van der Waals surface area (Å²) in [7, 11) is 1.75. The molecule has 1 unspecified atom stereocenters. The zero-order valence-corrected chi connectivity index (χ0v) is 17.2. The lowest BCUT2D eigenvalue weighted by atomic mass is 9.96. The van der Waals surface area contributed by atoms with Gasteiger partial charge in [0.1, 0.15) is 18.0 Å². The molecule has 2 aliphatic heterocycles. The van der Waals surface area contributed by atoms with Crippen molar-refractivity contribution in [2.75, 3.05) is 33.3 Å². The largest absolute Gasteiger partial charge is 0.488 e. The van der Waals surface area contributed by atoms with Gasteiger partial charge in [-0.3, -0.25) is 4.79 Å². The summed E-state index contributed by atoms with van der Waals surface area (Å²) in [6, 6.07) is 7.73. The van der Waals surface area contributed by atoms with Crippen LogP contribution >= 0.6 is 0 Å². The minimum absolute atomic E-state index is 0.0270. The van der Waals surface area contributed by atoms with Gasteiger partial charge in [0, 0.05) is 32.2 Å². The number of hydrogen-bond donors (Lipinski definition) is 0. The average molecular weight is 386 g/mol. The van der Waals surface area contributed by atoms with Crippen LogP contribution in [0.2, 0.25) is 0 Å². The van der Waals surface area contributed by atoms with Crippen LogP contribution in [-0.4, -0.2) is 60.7 Å². The topological polar surface area (TPSA) is 59.1 Å². The number of piperidine rings is 1. The third kappa shape index (κ3) is 5.06. The Morgan fingerprint density at radius 2 is 2.04 bits per heavy atom. The Labute approximate surface area is 167 Å². The lowest BCUT2D eigenvalue weighted by Gasteiger charge is -2.35. The molecular formula is C22H30N2O4. The van der Waals surface area contributed by atoms with Crippen LogP contribution in [0.5, 0.6) is 5.75 Å². The summed E-state index contributed by atoms with van der Waals surface area (Å²) in [6.07, 6.45) is 3.53. The second-order valence-corrected chi connectivity index (χ2v) is 8.62. The Morgan fingerprint density at radius 1 is 1.29 bits per heavy atom. The van der Waals surface area contributed by atoms with E-state index in [-0.39, 0.29) is 17.9 Å². The van der Waals surface area contributed by atoms with Crippen LogP contribution in [0.3, 0.4) is 0 Å². The summed E-state index contributed by atoms with van der Waals surface area (Å²) in [4.78, 5) is 28.7. The van der Waals surface area contributed by atoms with Crippen LogP contribution in [0.15, 0.2) is 29.8 Å². The molecule has 0 spiro atoms. The number of ether oxygens (including phenoxy) is 2. The molecule has 1 fully saturated rings. The van der Waals surface area contributed by atoms with Crippen LogP contribution in [0.4, 0.5) is 4.79 Å². The minimum Gasteiger partial charge on any atom is -0.488 e. The second-order valence-electron chi connectivity index (χ2n) is 8.62. The van der Waals surface area contributed by atoms with Gasteiger partial charge in [-0.1, -0.05) is 18.2 Å². The molecule has 0 bridgehead atoms. The fourth-order valence-corrected chi connectivity index (χ4v) is 3.64. The first-order valence-electron chi connectivity index (χ1n) is 9.89. The Balaban J connectivity index is 1.60. The molecule has 2 heterocycles. The third-order valence-electron chi connectivity index (χ3n) is 4.95. The Morgan fingerprint density at radius 3 is 2.79 bits per heavy atom. The first kappa shape index (κ1) is 20.2. The number of hydrogen-bond acceptors (Lipinski definition) is 4. The number of para-hydroxylation sites is 1. The van der Waals surface area contributed by atoms with Crippen LogP contribution in [-0.2, 0) is 9.53 Å². The van der Waals surface area contributed by atoms with Gasteiger partial charge < -0.3 is 19.3 Å². The van der Waals surface area contributed by atoms with Crippen molar-refractivity contribution in [2.24, 2.45) is 5.92 Å². The summed E-state index contributed by atoms with van der Waals surface area (Å²) in [5.74, 6) is 1.08. The molecule has 3 rings (SSSR count). The van der Waals surface area contributed by atoms with Crippen molar-refractivity contribution in [3.63, 3.8) is 0 Å². The maximum Gasteiger partial charge on any atom is 0.410 e. The highest BCUT2D eigenvalue weighted by Gasteiger charge is 2.29. The molecule has 1 atom stereocenters. The van der Waals surface area contributed by atoms with E-state index in [1.807, 2.05) is 56.0 Å². The number of benzene rings is 1. The molecule has 1 saturated heterocycles. The Kier molecular flexibility index (Phi) is 5.96. The first-order valence-corrected chi connectivity index (χ1v) is 9.89. The van der Waals surface area contributed by atoms with Crippen molar-refractivity contribution in [2.45, 2.75) is 39.2 Å². The predicted octanol–water partition coefficient (Wildman–Crippen LogP) is 3.57. The number of carbonyl (C=O) groups is 2. The van der Waals surface area contributed by atoms with Crippen molar-refractivity contribution in [1.82, 2.24) is 9.80 Å². The van der Waals surface area contributed by atoms with Crippen LogP contribution < -0.4 is 4.74 Å². The number of rotatable bonds is 3. The summed E-state index contributed by atoms with van der Waals surface area (Å²) < 4.78 is 11.2. The van der Waals surface area contributed by atoms with Gasteiger partial charge in [-0.15, -0.1) is 0 Å². The number of fused-ring (bicyclic) bond motifs is 1. The second kappa shape index (κ2) is 8.25. The lowest BCUT2D eigenvalue weighted by Crippen LogP contribution is -2.45. The predicted molar refractivity (Wildman–Crippen MR) is 108 cm³/mol. The van der Waals surface area contributed by atoms with Crippen molar-refractivity contribution in [3.05, 3.63) is 35.4 Å². The molecule has 1 aromatic rings. The maximum absolute atomic E-state index is 13.0. The molecule has 0 aromatic heterocycles. The fourth-order valence-electron chi connectivity index (χ4n) is 3.64. The minimum atomic E-state index is -0.510. The van der Waals surface area contributed by atoms with Gasteiger partial charge in [-0.05, 0) is 51.7 Å². The van der Waals surface area contributed by atoms with E-state index >= 15 is 0 Å². The molecule has 0 N–H and O–H groups in total. The van der Waals surface area contributed by atoms with Gasteiger partial charge >= 0.3 is 6.09 Å². The van der Waals surface area contributed by atoms with Gasteiger partial charge in [0.15, 0.2) is 0 Å². The quantitative estimate of drug-likeness (QED) is 0.797. The molecule has 0 saturated carbocycles. The number of nitrogens with zero attached hydrogens (tertiary/aromatic N) is 2. The van der Waals surface area contributed by atoms with Crippen molar-refractivity contribution < 1.29 is 19.1 Å². The fraction of sp³-hybridized carbons (Fsp3) is 0.545. The number of likely N-dealkylation sites (tertiary alicyclic amines) is 1. The molecular weight excluding hydrogens is 356 g/mol. The van der Waals surface area contributed by atoms with Gasteiger partial charge in [0.25, 0.3) is 5.91 Å². The number of carbonyl (C=O) groups excluding carboxylic acids is 2. The summed E-state index contributed by atoms with van der Waals surface area (Å²) in [5.41, 5.74) is 1.11. The summed E-state index contributed by atoms with van der Waals surface area (Å²) in [5, 5.41) is 0. The normalized spacial score (nSPS) is 19.2. The molecule has 6 heteroatoms. The van der Waals surface area contributed by atoms with E-state index < -0.39 is 5.60 Å². The molecule has 152 valence electrons. The average Bonchev–Trinajstić information content (AvgIpc) is 2.66. The van der Waals surface area contributed by atoms with Crippen molar-refractivity contribution >= 4 is 18.1 Å². The van der Waals surface area contributed by atoms with E-state index in [0.717, 1.165) is 30.7 Å². The molecule has 2 aliphatic rings. The van der Waals surface area contributed by atoms with E-state index in [0.29, 0.717) is 25.3 Å². The zero-order valence-electron chi connectivity index (χ0n) is 17.2. The standard InChI is InChI=1S/C22H30N2O4/c1-22(2,3)28-21(26)23(4)13-16-8-7-11-24(14-16)20(25)18-12-17-9-5-6-10-19(17)27-15-18/h5-6,9-10,12,16H,7-8,11,13-15H2,1-4H3. The monoisotopic (exact) mass is 386 g/mol. The highest BCUT2D eigenvalue weighted by atomic mass is 16.6. The highest BCUT2D eigenvalue weighted by molar-refractivity contribution is 5.99. The van der Waals surface area contributed by atoms with Gasteiger partial charge in [0.2, 0.25) is 0 Å². The van der Waals surface area contributed by atoms with Gasteiger partial charge in [-0.2, -0.15) is 0 Å². The zero-order chi connectivity index (χ0) is 20.3. The highest BCUT2D eigenvalue weighted by Crippen LogP contribution is 2.27. The molecule has 0 radical (unpaired) electrons. The van der Waals surface area contributed by atoms with Gasteiger partial charge in [-0.25, -0.2) is 4.79 Å². The first-order chi connectivity index (χ1) is 13.2. The SMILES string of the molecule is CN(CC1CCCN(C(=O)C2=Cc3ccccc3OC2)C1)C(=O)OC(C)(C)C. The van der Waals surface area contributed by atoms with Crippen molar-refractivity contribution in [3.8, 4) is 5.75 Å². The Hall–Kier alpha value is -2.50. The molecule has 1 aromatic carbocycles. The molecule has 6 nitrogen and oxygen atoms in total. The summed E-state index contributed by atoms with van der Waals surface area (Å²) >= 11 is 0. The lowest BCUT2D eigenvalue weighted by molar-refractivity contribution is -0.129. The van der Waals surface area contributed by atoms with E-state index in [9.17, 15) is 9.59 Å². The molecule has 28 heavy (non-hydrogen) atoms. The molecule has 0 aliphatic carbocycles. The van der Waals surface area contributed by atoms with E-state index in [2.05, 4.69) is 0 Å². The third-order valence-corrected chi connectivity index (χ3v) is 4.95. The maximum atomic E-state index is 13.0. The van der Waals surface area contributed by atoms with Crippen molar-refractivity contribution in [1.29, 1.82) is 0 Å². The summed E-state index contributed by atoms with van der Waals surface area (Å²) in [6.45, 7) is 7.84.